The number of ether oxygens (including phenoxy) is 4. The quantitative estimate of drug-likeness (QED) is 0.386. The van der Waals surface area contributed by atoms with E-state index in [4.69, 9.17) is 29.8 Å². The van der Waals surface area contributed by atoms with Gasteiger partial charge in [-0.2, -0.15) is 0 Å². The van der Waals surface area contributed by atoms with Crippen molar-refractivity contribution < 1.29 is 43.5 Å². The Morgan fingerprint density at radius 3 is 2.64 bits per heavy atom. The minimum Gasteiger partial charge on any atom is -0.481 e. The summed E-state index contributed by atoms with van der Waals surface area (Å²) in [4.78, 5) is 36.2. The molecule has 0 saturated carbocycles. The summed E-state index contributed by atoms with van der Waals surface area (Å²) in [6.07, 6.45) is -3.02. The van der Waals surface area contributed by atoms with E-state index in [-0.39, 0.29) is 12.6 Å². The fraction of sp³-hybridized carbons (Fsp3) is 0.471. The fourth-order valence-electron chi connectivity index (χ4n) is 2.31. The lowest BCUT2D eigenvalue weighted by Crippen LogP contribution is -2.42. The fourth-order valence-corrected chi connectivity index (χ4v) is 2.31. The maximum absolute atomic E-state index is 12.6. The molecule has 11 nitrogen and oxygen atoms in total. The Morgan fingerprint density at radius 1 is 1.29 bits per heavy atom. The molecule has 1 amide bonds. The van der Waals surface area contributed by atoms with E-state index in [0.717, 1.165) is 4.90 Å². The number of amides is 1. The molecule has 28 heavy (non-hydrogen) atoms. The van der Waals surface area contributed by atoms with Gasteiger partial charge in [-0.15, -0.1) is 0 Å². The number of hydrogen-bond donors (Lipinski definition) is 3. The molecule has 3 atom stereocenters. The van der Waals surface area contributed by atoms with Gasteiger partial charge in [0.1, 0.15) is 0 Å². The van der Waals surface area contributed by atoms with Crippen LogP contribution in [0.5, 0.6) is 11.5 Å². The molecule has 0 bridgehead atoms. The number of nitrogens with zero attached hydrogens (tertiary/aromatic N) is 1. The second-order valence-corrected chi connectivity index (χ2v) is 6.07. The number of carbonyl (C=O) groups is 3. The normalized spacial score (nSPS) is 15.4. The summed E-state index contributed by atoms with van der Waals surface area (Å²) in [6.45, 7) is 0.936. The molecule has 1 aromatic carbocycles. The molecule has 0 aliphatic carbocycles. The number of benzene rings is 1. The number of likely N-dealkylation sites (N-methyl/N-ethyl adjacent to an activating group) is 1. The van der Waals surface area contributed by atoms with Gasteiger partial charge in [0.15, 0.2) is 30.4 Å². The number of rotatable bonds is 9. The molecule has 1 aromatic rings. The minimum absolute atomic E-state index is 0.0801. The van der Waals surface area contributed by atoms with E-state index in [2.05, 4.69) is 0 Å². The average Bonchev–Trinajstić information content (AvgIpc) is 3.13. The molecule has 4 N–H and O–H groups in total. The number of fused-ring (bicyclic) bond motifs is 1. The number of Topliss-reactive ketones (excluding diaryl/α,β-unsaturated/α-hetero) is 1. The van der Waals surface area contributed by atoms with Crippen LogP contribution in [0.2, 0.25) is 0 Å². The maximum atomic E-state index is 12.6. The maximum Gasteiger partial charge on any atom is 0.412 e. The second-order valence-electron chi connectivity index (χ2n) is 6.07. The van der Waals surface area contributed by atoms with Crippen molar-refractivity contribution in [3.05, 3.63) is 23.8 Å². The first kappa shape index (κ1) is 21.4. The lowest BCUT2D eigenvalue weighted by Gasteiger charge is -2.24. The first-order chi connectivity index (χ1) is 13.2. The van der Waals surface area contributed by atoms with Crippen LogP contribution in [0.25, 0.3) is 0 Å². The Labute approximate surface area is 160 Å². The standard InChI is InChI=1S/C17H22N2O9/c1-9(15(22)10-3-4-12-13(5-10)26-7-25-12)19(2)17(24)28-8-27-16(23)11(18)6-14(20)21/h3-5,9,11,16,23H,6-8,18H2,1-2H3,(H,20,21). The van der Waals surface area contributed by atoms with Crippen LogP contribution >= 0.6 is 0 Å². The Morgan fingerprint density at radius 2 is 1.96 bits per heavy atom. The summed E-state index contributed by atoms with van der Waals surface area (Å²) >= 11 is 0. The van der Waals surface area contributed by atoms with Crippen molar-refractivity contribution in [2.24, 2.45) is 5.73 Å². The van der Waals surface area contributed by atoms with Gasteiger partial charge in [0.2, 0.25) is 6.79 Å². The topological polar surface area (TPSA) is 158 Å². The predicted molar refractivity (Wildman–Crippen MR) is 92.8 cm³/mol. The average molecular weight is 398 g/mol. The predicted octanol–water partition coefficient (Wildman–Crippen LogP) is 0.149. The highest BCUT2D eigenvalue weighted by atomic mass is 16.7. The van der Waals surface area contributed by atoms with Crippen LogP contribution in [0.15, 0.2) is 18.2 Å². The SMILES string of the molecule is CC(C(=O)c1ccc2c(c1)OCO2)N(C)C(=O)OCOC(O)C(N)CC(=O)O. The highest BCUT2D eigenvalue weighted by molar-refractivity contribution is 6.01. The van der Waals surface area contributed by atoms with Gasteiger partial charge < -0.3 is 39.8 Å². The zero-order chi connectivity index (χ0) is 20.8. The van der Waals surface area contributed by atoms with Gasteiger partial charge in [-0.3, -0.25) is 9.59 Å². The number of carbonyl (C=O) groups excluding carboxylic acids is 2. The monoisotopic (exact) mass is 398 g/mol. The van der Waals surface area contributed by atoms with Crippen LogP contribution in [0.1, 0.15) is 23.7 Å². The summed E-state index contributed by atoms with van der Waals surface area (Å²) in [5.74, 6) is -0.568. The van der Waals surface area contributed by atoms with E-state index in [0.29, 0.717) is 17.1 Å². The van der Waals surface area contributed by atoms with Crippen molar-refractivity contribution in [1.82, 2.24) is 4.90 Å². The van der Waals surface area contributed by atoms with Gasteiger partial charge in [-0.05, 0) is 25.1 Å². The van der Waals surface area contributed by atoms with Crippen molar-refractivity contribution in [1.29, 1.82) is 0 Å². The van der Waals surface area contributed by atoms with E-state index < -0.39 is 43.7 Å². The highest BCUT2D eigenvalue weighted by Gasteiger charge is 2.27. The molecular formula is C17H22N2O9. The van der Waals surface area contributed by atoms with Gasteiger partial charge in [0.05, 0.1) is 18.5 Å². The van der Waals surface area contributed by atoms with E-state index in [1.165, 1.54) is 20.0 Å². The van der Waals surface area contributed by atoms with E-state index >= 15 is 0 Å². The smallest absolute Gasteiger partial charge is 0.412 e. The van der Waals surface area contributed by atoms with E-state index in [1.807, 2.05) is 0 Å². The van der Waals surface area contributed by atoms with Gasteiger partial charge in [0.25, 0.3) is 0 Å². The molecular weight excluding hydrogens is 376 g/mol. The van der Waals surface area contributed by atoms with Crippen molar-refractivity contribution in [2.75, 3.05) is 20.6 Å². The number of hydrogen-bond acceptors (Lipinski definition) is 9. The lowest BCUT2D eigenvalue weighted by molar-refractivity contribution is -0.169. The van der Waals surface area contributed by atoms with Gasteiger partial charge in [0, 0.05) is 12.6 Å². The molecule has 0 saturated heterocycles. The Kier molecular flexibility index (Phi) is 7.15. The zero-order valence-corrected chi connectivity index (χ0v) is 15.4. The number of carboxylic acids is 1. The third-order valence-corrected chi connectivity index (χ3v) is 4.10. The largest absolute Gasteiger partial charge is 0.481 e. The first-order valence-corrected chi connectivity index (χ1v) is 8.31. The number of aliphatic carboxylic acids is 1. The molecule has 1 aliphatic rings. The van der Waals surface area contributed by atoms with E-state index in [9.17, 15) is 19.5 Å². The lowest BCUT2D eigenvalue weighted by atomic mass is 10.0. The number of nitrogens with two attached hydrogens (primary N) is 1. The summed E-state index contributed by atoms with van der Waals surface area (Å²) in [5.41, 5.74) is 5.75. The summed E-state index contributed by atoms with van der Waals surface area (Å²) in [7, 11) is 1.37. The number of aliphatic hydroxyl groups excluding tert-OH is 1. The summed E-state index contributed by atoms with van der Waals surface area (Å²) in [5, 5.41) is 18.1. The van der Waals surface area contributed by atoms with E-state index in [1.54, 1.807) is 12.1 Å². The summed E-state index contributed by atoms with van der Waals surface area (Å²) < 4.78 is 20.0. The highest BCUT2D eigenvalue weighted by Crippen LogP contribution is 2.33. The molecule has 3 unspecified atom stereocenters. The zero-order valence-electron chi connectivity index (χ0n) is 15.4. The van der Waals surface area contributed by atoms with Crippen molar-refractivity contribution in [2.45, 2.75) is 31.7 Å². The number of aliphatic hydroxyl groups is 1. The third kappa shape index (κ3) is 5.31. The van der Waals surface area contributed by atoms with Crippen molar-refractivity contribution in [3.8, 4) is 11.5 Å². The molecule has 1 heterocycles. The number of ketones is 1. The molecule has 0 radical (unpaired) electrons. The minimum atomic E-state index is -1.62. The Balaban J connectivity index is 1.84. The van der Waals surface area contributed by atoms with Crippen LogP contribution in [0.3, 0.4) is 0 Å². The van der Waals surface area contributed by atoms with Crippen molar-refractivity contribution >= 4 is 17.8 Å². The Bertz CT molecular complexity index is 739. The van der Waals surface area contributed by atoms with Gasteiger partial charge in [-0.25, -0.2) is 4.79 Å². The summed E-state index contributed by atoms with van der Waals surface area (Å²) in [6, 6.07) is 2.67. The van der Waals surface area contributed by atoms with Gasteiger partial charge >= 0.3 is 12.1 Å². The van der Waals surface area contributed by atoms with Crippen LogP contribution in [-0.4, -0.2) is 72.0 Å². The van der Waals surface area contributed by atoms with Crippen LogP contribution in [0, 0.1) is 0 Å². The second kappa shape index (κ2) is 9.35. The number of carboxylic acid groups (broad SMARTS) is 1. The molecule has 1 aliphatic heterocycles. The molecule has 0 spiro atoms. The first-order valence-electron chi connectivity index (χ1n) is 8.31. The molecule has 0 aromatic heterocycles. The van der Waals surface area contributed by atoms with Crippen LogP contribution in [0.4, 0.5) is 4.79 Å². The van der Waals surface area contributed by atoms with Crippen LogP contribution < -0.4 is 15.2 Å². The molecule has 2 rings (SSSR count). The van der Waals surface area contributed by atoms with Crippen molar-refractivity contribution in [3.63, 3.8) is 0 Å². The van der Waals surface area contributed by atoms with Gasteiger partial charge in [-0.1, -0.05) is 0 Å². The Hall–Kier alpha value is -2.89. The molecule has 0 fully saturated rings. The third-order valence-electron chi connectivity index (χ3n) is 4.10. The van der Waals surface area contributed by atoms with Crippen LogP contribution in [-0.2, 0) is 14.3 Å². The molecule has 11 heteroatoms. The molecule has 154 valence electrons.